The molecule has 1 rings (SSSR count). The largest absolute Gasteiger partial charge is 0.395 e. The van der Waals surface area contributed by atoms with Gasteiger partial charge in [-0.3, -0.25) is 9.78 Å². The molecule has 1 aromatic rings. The van der Waals surface area contributed by atoms with E-state index in [1.165, 1.54) is 18.6 Å². The van der Waals surface area contributed by atoms with E-state index in [1.807, 2.05) is 13.8 Å². The van der Waals surface area contributed by atoms with Crippen molar-refractivity contribution in [3.05, 3.63) is 30.1 Å². The standard InChI is InChI=1S/C11H15N3O2/c1-11(2,8-15)7-13-14-10(16)9-3-5-12-6-4-9/h3-7,15H,8H2,1-2H3,(H,14,16)/b13-7-. The van der Waals surface area contributed by atoms with Crippen LogP contribution in [0.2, 0.25) is 0 Å². The average Bonchev–Trinajstić information content (AvgIpc) is 2.30. The maximum absolute atomic E-state index is 11.5. The molecule has 0 aliphatic carbocycles. The molecule has 86 valence electrons. The van der Waals surface area contributed by atoms with Gasteiger partial charge < -0.3 is 5.11 Å². The number of amides is 1. The fourth-order valence-electron chi connectivity index (χ4n) is 0.874. The third-order valence-electron chi connectivity index (χ3n) is 1.93. The van der Waals surface area contributed by atoms with Crippen LogP contribution >= 0.6 is 0 Å². The molecule has 0 atom stereocenters. The van der Waals surface area contributed by atoms with Gasteiger partial charge in [0, 0.05) is 29.6 Å². The molecule has 2 N–H and O–H groups in total. The number of pyridine rings is 1. The first kappa shape index (κ1) is 12.3. The number of carbonyl (C=O) groups is 1. The lowest BCUT2D eigenvalue weighted by atomic mass is 9.97. The molecule has 0 aromatic carbocycles. The van der Waals surface area contributed by atoms with Crippen molar-refractivity contribution in [1.82, 2.24) is 10.4 Å². The van der Waals surface area contributed by atoms with Crippen LogP contribution in [-0.4, -0.2) is 28.8 Å². The second-order valence-electron chi connectivity index (χ2n) is 4.08. The highest BCUT2D eigenvalue weighted by Crippen LogP contribution is 2.08. The molecule has 0 aliphatic heterocycles. The van der Waals surface area contributed by atoms with Gasteiger partial charge in [0.05, 0.1) is 6.61 Å². The van der Waals surface area contributed by atoms with Gasteiger partial charge in [0.25, 0.3) is 5.91 Å². The third-order valence-corrected chi connectivity index (χ3v) is 1.93. The summed E-state index contributed by atoms with van der Waals surface area (Å²) in [5, 5.41) is 12.7. The van der Waals surface area contributed by atoms with Crippen molar-refractivity contribution >= 4 is 12.1 Å². The number of aromatic nitrogens is 1. The van der Waals surface area contributed by atoms with Crippen LogP contribution in [0.25, 0.3) is 0 Å². The minimum absolute atomic E-state index is 0.0262. The van der Waals surface area contributed by atoms with Crippen molar-refractivity contribution in [2.75, 3.05) is 6.61 Å². The summed E-state index contributed by atoms with van der Waals surface area (Å²) in [4.78, 5) is 15.3. The Morgan fingerprint density at radius 2 is 2.19 bits per heavy atom. The molecule has 1 aromatic heterocycles. The number of aliphatic hydroxyl groups is 1. The summed E-state index contributed by atoms with van der Waals surface area (Å²) >= 11 is 0. The number of nitrogens with zero attached hydrogens (tertiary/aromatic N) is 2. The lowest BCUT2D eigenvalue weighted by Crippen LogP contribution is -2.23. The topological polar surface area (TPSA) is 74.6 Å². The summed E-state index contributed by atoms with van der Waals surface area (Å²) in [5.41, 5.74) is 2.44. The molecule has 0 bridgehead atoms. The second-order valence-corrected chi connectivity index (χ2v) is 4.08. The van der Waals surface area contributed by atoms with Crippen molar-refractivity contribution < 1.29 is 9.90 Å². The molecular weight excluding hydrogens is 206 g/mol. The van der Waals surface area contributed by atoms with E-state index < -0.39 is 5.41 Å². The molecule has 5 heteroatoms. The average molecular weight is 221 g/mol. The zero-order valence-corrected chi connectivity index (χ0v) is 9.34. The monoisotopic (exact) mass is 221 g/mol. The second kappa shape index (κ2) is 5.37. The van der Waals surface area contributed by atoms with E-state index in [1.54, 1.807) is 12.1 Å². The Kier molecular flexibility index (Phi) is 4.13. The number of hydrazone groups is 1. The van der Waals surface area contributed by atoms with Crippen LogP contribution in [0.1, 0.15) is 24.2 Å². The van der Waals surface area contributed by atoms with Crippen LogP contribution in [0.5, 0.6) is 0 Å². The Morgan fingerprint density at radius 3 is 2.75 bits per heavy atom. The van der Waals surface area contributed by atoms with Crippen LogP contribution in [0.15, 0.2) is 29.6 Å². The fourth-order valence-corrected chi connectivity index (χ4v) is 0.874. The highest BCUT2D eigenvalue weighted by Gasteiger charge is 2.12. The first-order chi connectivity index (χ1) is 7.55. The van der Waals surface area contributed by atoms with E-state index in [9.17, 15) is 4.79 Å². The molecule has 0 spiro atoms. The van der Waals surface area contributed by atoms with Gasteiger partial charge in [0.2, 0.25) is 0 Å². The van der Waals surface area contributed by atoms with E-state index in [2.05, 4.69) is 15.5 Å². The summed E-state index contributed by atoms with van der Waals surface area (Å²) in [5.74, 6) is -0.299. The minimum atomic E-state index is -0.439. The highest BCUT2D eigenvalue weighted by atomic mass is 16.3. The lowest BCUT2D eigenvalue weighted by molar-refractivity contribution is 0.0954. The first-order valence-corrected chi connectivity index (χ1v) is 4.90. The van der Waals surface area contributed by atoms with Gasteiger partial charge in [-0.25, -0.2) is 5.43 Å². The van der Waals surface area contributed by atoms with Crippen molar-refractivity contribution in [2.45, 2.75) is 13.8 Å². The molecule has 0 aliphatic rings. The molecule has 0 radical (unpaired) electrons. The summed E-state index contributed by atoms with van der Waals surface area (Å²) in [6.45, 7) is 3.60. The maximum atomic E-state index is 11.5. The van der Waals surface area contributed by atoms with E-state index >= 15 is 0 Å². The predicted molar refractivity (Wildman–Crippen MR) is 61.1 cm³/mol. The summed E-state index contributed by atoms with van der Waals surface area (Å²) < 4.78 is 0. The molecule has 1 amide bonds. The van der Waals surface area contributed by atoms with E-state index in [0.717, 1.165) is 0 Å². The number of hydrogen-bond donors (Lipinski definition) is 2. The van der Waals surface area contributed by atoms with Gasteiger partial charge in [-0.2, -0.15) is 5.10 Å². The predicted octanol–water partition coefficient (Wildman–Crippen LogP) is 0.816. The summed E-state index contributed by atoms with van der Waals surface area (Å²) in [6.07, 6.45) is 4.58. The quantitative estimate of drug-likeness (QED) is 0.583. The first-order valence-electron chi connectivity index (χ1n) is 4.90. The Labute approximate surface area is 94.2 Å². The summed E-state index contributed by atoms with van der Waals surface area (Å²) in [6, 6.07) is 3.20. The van der Waals surface area contributed by atoms with Crippen LogP contribution in [-0.2, 0) is 0 Å². The normalized spacial score (nSPS) is 11.7. The fraction of sp³-hybridized carbons (Fsp3) is 0.364. The van der Waals surface area contributed by atoms with Crippen molar-refractivity contribution in [2.24, 2.45) is 10.5 Å². The van der Waals surface area contributed by atoms with Gasteiger partial charge in [-0.05, 0) is 12.1 Å². The third kappa shape index (κ3) is 3.78. The Bertz CT molecular complexity index is 374. The zero-order chi connectivity index (χ0) is 12.0. The molecular formula is C11H15N3O2. The lowest BCUT2D eigenvalue weighted by Gasteiger charge is -2.14. The smallest absolute Gasteiger partial charge is 0.271 e. The van der Waals surface area contributed by atoms with Crippen LogP contribution in [0, 0.1) is 5.41 Å². The van der Waals surface area contributed by atoms with Crippen LogP contribution in [0.4, 0.5) is 0 Å². The zero-order valence-electron chi connectivity index (χ0n) is 9.34. The van der Waals surface area contributed by atoms with Gasteiger partial charge >= 0.3 is 0 Å². The van der Waals surface area contributed by atoms with Crippen molar-refractivity contribution in [3.8, 4) is 0 Å². The Morgan fingerprint density at radius 1 is 1.56 bits per heavy atom. The van der Waals surface area contributed by atoms with E-state index in [0.29, 0.717) is 5.56 Å². The Balaban J connectivity index is 2.54. The summed E-state index contributed by atoms with van der Waals surface area (Å²) in [7, 11) is 0. The number of rotatable bonds is 4. The SMILES string of the molecule is CC(C)(/C=N\NC(=O)c1ccncc1)CO. The van der Waals surface area contributed by atoms with Gasteiger partial charge in [0.15, 0.2) is 0 Å². The van der Waals surface area contributed by atoms with Crippen LogP contribution in [0.3, 0.4) is 0 Å². The molecule has 0 unspecified atom stereocenters. The highest BCUT2D eigenvalue weighted by molar-refractivity contribution is 5.94. The maximum Gasteiger partial charge on any atom is 0.271 e. The van der Waals surface area contributed by atoms with Crippen molar-refractivity contribution in [3.63, 3.8) is 0 Å². The minimum Gasteiger partial charge on any atom is -0.395 e. The molecule has 0 saturated carbocycles. The molecule has 0 fully saturated rings. The molecule has 1 heterocycles. The van der Waals surface area contributed by atoms with Crippen LogP contribution < -0.4 is 5.43 Å². The number of nitrogens with one attached hydrogen (secondary N) is 1. The number of aliphatic hydroxyl groups excluding tert-OH is 1. The molecule has 16 heavy (non-hydrogen) atoms. The van der Waals surface area contributed by atoms with Gasteiger partial charge in [0.1, 0.15) is 0 Å². The van der Waals surface area contributed by atoms with Gasteiger partial charge in [-0.15, -0.1) is 0 Å². The number of hydrogen-bond acceptors (Lipinski definition) is 4. The molecule has 0 saturated heterocycles. The molecule has 5 nitrogen and oxygen atoms in total. The van der Waals surface area contributed by atoms with E-state index in [-0.39, 0.29) is 12.5 Å². The number of carbonyl (C=O) groups excluding carboxylic acids is 1. The Hall–Kier alpha value is -1.75. The van der Waals surface area contributed by atoms with E-state index in [4.69, 9.17) is 5.11 Å². The van der Waals surface area contributed by atoms with Gasteiger partial charge in [-0.1, -0.05) is 13.8 Å². The van der Waals surface area contributed by atoms with Crippen molar-refractivity contribution in [1.29, 1.82) is 0 Å².